The molecule has 0 spiro atoms. The number of anilines is 2. The summed E-state index contributed by atoms with van der Waals surface area (Å²) in [5.74, 6) is 1.08. The molecule has 1 aliphatic heterocycles. The second kappa shape index (κ2) is 12.8. The molecule has 1 saturated heterocycles. The fourth-order valence-electron chi connectivity index (χ4n) is 5.13. The van der Waals surface area contributed by atoms with E-state index in [-0.39, 0.29) is 29.9 Å². The number of ether oxygens (including phenoxy) is 1. The van der Waals surface area contributed by atoms with E-state index in [1.165, 1.54) is 6.07 Å². The highest BCUT2D eigenvalue weighted by Crippen LogP contribution is 2.40. The number of nitrogens with zero attached hydrogens (tertiary/aromatic N) is 3. The molecule has 6 rings (SSSR count). The molecule has 222 valence electrons. The Morgan fingerprint density at radius 1 is 1.05 bits per heavy atom. The van der Waals surface area contributed by atoms with Crippen LogP contribution in [-0.2, 0) is 10.0 Å². The number of benzene rings is 2. The van der Waals surface area contributed by atoms with E-state index in [1.807, 2.05) is 19.1 Å². The van der Waals surface area contributed by atoms with Crippen molar-refractivity contribution in [3.8, 4) is 22.9 Å². The van der Waals surface area contributed by atoms with Gasteiger partial charge in [-0.25, -0.2) is 27.8 Å². The molecule has 12 heteroatoms. The van der Waals surface area contributed by atoms with Gasteiger partial charge in [-0.2, -0.15) is 0 Å². The molecular formula is C30H34ClFN6O3S. The highest BCUT2D eigenvalue weighted by atomic mass is 35.5. The zero-order chi connectivity index (χ0) is 28.4. The number of pyridine rings is 1. The van der Waals surface area contributed by atoms with Gasteiger partial charge in [0, 0.05) is 35.8 Å². The second-order valence-corrected chi connectivity index (χ2v) is 12.6. The molecule has 1 atom stereocenters. The molecule has 3 N–H and O–H groups in total. The predicted molar refractivity (Wildman–Crippen MR) is 165 cm³/mol. The Labute approximate surface area is 251 Å². The van der Waals surface area contributed by atoms with Gasteiger partial charge in [-0.05, 0) is 74.5 Å². The topological polar surface area (TPSA) is 118 Å². The van der Waals surface area contributed by atoms with Gasteiger partial charge in [-0.15, -0.1) is 12.4 Å². The maximum absolute atomic E-state index is 15.0. The Kier molecular flexibility index (Phi) is 9.10. The first kappa shape index (κ1) is 29.9. The number of hydrogen-bond donors (Lipinski definition) is 3. The summed E-state index contributed by atoms with van der Waals surface area (Å²) in [6.07, 6.45) is 8.15. The Morgan fingerprint density at radius 2 is 1.88 bits per heavy atom. The molecule has 2 aromatic carbocycles. The highest BCUT2D eigenvalue weighted by molar-refractivity contribution is 7.92. The van der Waals surface area contributed by atoms with E-state index in [1.54, 1.807) is 36.7 Å². The van der Waals surface area contributed by atoms with Crippen LogP contribution in [0.15, 0.2) is 54.9 Å². The molecule has 0 radical (unpaired) electrons. The third-order valence-corrected chi connectivity index (χ3v) is 8.87. The van der Waals surface area contributed by atoms with E-state index >= 15 is 4.39 Å². The van der Waals surface area contributed by atoms with Crippen molar-refractivity contribution in [3.63, 3.8) is 0 Å². The Hall–Kier alpha value is -3.54. The maximum atomic E-state index is 15.0. The molecule has 0 bridgehead atoms. The van der Waals surface area contributed by atoms with Crippen molar-refractivity contribution >= 4 is 44.8 Å². The lowest BCUT2D eigenvalue weighted by Crippen LogP contribution is -2.38. The standard InChI is InChI=1S/C30H33FN6O3S.ClH/c1-19-6-9-22-23(10-11-25(31)27(22)37-41(38,39)17-13-20-7-8-20)28(19)40-29-24(5-3-15-33-29)26-12-16-34-30(36-26)35-21-4-2-14-32-18-21;/h3,5-6,9-12,15-16,20-21,32,37H,2,4,7-8,13-14,17-18H2,1H3,(H,34,35,36);1H. The van der Waals surface area contributed by atoms with Gasteiger partial charge < -0.3 is 15.4 Å². The monoisotopic (exact) mass is 612 g/mol. The van der Waals surface area contributed by atoms with Crippen LogP contribution in [0.2, 0.25) is 0 Å². The second-order valence-electron chi connectivity index (χ2n) is 10.8. The first-order valence-corrected chi connectivity index (χ1v) is 15.7. The first-order valence-electron chi connectivity index (χ1n) is 14.0. The van der Waals surface area contributed by atoms with Gasteiger partial charge in [0.05, 0.1) is 22.7 Å². The average molecular weight is 613 g/mol. The first-order chi connectivity index (χ1) is 19.9. The van der Waals surface area contributed by atoms with Crippen LogP contribution < -0.4 is 20.1 Å². The number of rotatable bonds is 10. The number of piperidine rings is 1. The lowest BCUT2D eigenvalue weighted by molar-refractivity contribution is 0.466. The zero-order valence-corrected chi connectivity index (χ0v) is 24.9. The minimum absolute atomic E-state index is 0. The van der Waals surface area contributed by atoms with Crippen molar-refractivity contribution in [2.45, 2.75) is 45.1 Å². The maximum Gasteiger partial charge on any atom is 0.232 e. The summed E-state index contributed by atoms with van der Waals surface area (Å²) in [6, 6.07) is 12.1. The number of nitrogens with one attached hydrogen (secondary N) is 3. The summed E-state index contributed by atoms with van der Waals surface area (Å²) in [5.41, 5.74) is 2.02. The highest BCUT2D eigenvalue weighted by Gasteiger charge is 2.25. The third-order valence-electron chi connectivity index (χ3n) is 7.58. The van der Waals surface area contributed by atoms with Crippen molar-refractivity contribution in [2.75, 3.05) is 28.9 Å². The van der Waals surface area contributed by atoms with Gasteiger partial charge in [-0.3, -0.25) is 4.72 Å². The van der Waals surface area contributed by atoms with Gasteiger partial charge >= 0.3 is 0 Å². The molecule has 1 saturated carbocycles. The van der Waals surface area contributed by atoms with E-state index in [0.29, 0.717) is 51.9 Å². The van der Waals surface area contributed by atoms with Crippen LogP contribution in [0.1, 0.15) is 37.7 Å². The smallest absolute Gasteiger partial charge is 0.232 e. The van der Waals surface area contributed by atoms with Gasteiger partial charge in [0.15, 0.2) is 0 Å². The number of hydrogen-bond acceptors (Lipinski definition) is 8. The van der Waals surface area contributed by atoms with Crippen LogP contribution in [0.5, 0.6) is 11.6 Å². The molecule has 1 unspecified atom stereocenters. The van der Waals surface area contributed by atoms with E-state index < -0.39 is 15.8 Å². The molecule has 2 aromatic heterocycles. The van der Waals surface area contributed by atoms with E-state index in [4.69, 9.17) is 9.72 Å². The quantitative estimate of drug-likeness (QED) is 0.198. The van der Waals surface area contributed by atoms with Crippen LogP contribution in [0, 0.1) is 18.7 Å². The summed E-state index contributed by atoms with van der Waals surface area (Å²) in [6.45, 7) is 3.75. The van der Waals surface area contributed by atoms with Crippen LogP contribution in [0.3, 0.4) is 0 Å². The predicted octanol–water partition coefficient (Wildman–Crippen LogP) is 6.06. The fraction of sp³-hybridized carbons (Fsp3) is 0.367. The van der Waals surface area contributed by atoms with Crippen molar-refractivity contribution in [1.29, 1.82) is 0 Å². The molecule has 2 fully saturated rings. The lowest BCUT2D eigenvalue weighted by Gasteiger charge is -2.23. The average Bonchev–Trinajstić information content (AvgIpc) is 3.81. The Bertz CT molecular complexity index is 1680. The van der Waals surface area contributed by atoms with Crippen LogP contribution in [0.25, 0.3) is 22.0 Å². The van der Waals surface area contributed by atoms with Gasteiger partial charge in [0.1, 0.15) is 11.6 Å². The number of halogens is 2. The Morgan fingerprint density at radius 3 is 2.67 bits per heavy atom. The van der Waals surface area contributed by atoms with Crippen molar-refractivity contribution < 1.29 is 17.5 Å². The molecular weight excluding hydrogens is 579 g/mol. The largest absolute Gasteiger partial charge is 0.437 e. The van der Waals surface area contributed by atoms with Crippen molar-refractivity contribution in [2.24, 2.45) is 5.92 Å². The van der Waals surface area contributed by atoms with E-state index in [0.717, 1.165) is 44.3 Å². The number of fused-ring (bicyclic) bond motifs is 1. The van der Waals surface area contributed by atoms with Gasteiger partial charge in [0.25, 0.3) is 0 Å². The minimum atomic E-state index is -3.71. The fourth-order valence-corrected chi connectivity index (χ4v) is 6.40. The summed E-state index contributed by atoms with van der Waals surface area (Å²) in [5, 5.41) is 7.76. The summed E-state index contributed by atoms with van der Waals surface area (Å²) < 4.78 is 49.5. The molecule has 4 aromatic rings. The van der Waals surface area contributed by atoms with Crippen LogP contribution in [-0.4, -0.2) is 48.3 Å². The van der Waals surface area contributed by atoms with Gasteiger partial charge in [-0.1, -0.05) is 25.0 Å². The van der Waals surface area contributed by atoms with Crippen LogP contribution >= 0.6 is 12.4 Å². The van der Waals surface area contributed by atoms with Crippen molar-refractivity contribution in [3.05, 3.63) is 66.2 Å². The number of aromatic nitrogens is 3. The molecule has 3 heterocycles. The number of sulfonamides is 1. The van der Waals surface area contributed by atoms with E-state index in [2.05, 4.69) is 25.3 Å². The third kappa shape index (κ3) is 6.91. The van der Waals surface area contributed by atoms with Gasteiger partial charge in [0.2, 0.25) is 21.9 Å². The number of aryl methyl sites for hydroxylation is 1. The zero-order valence-electron chi connectivity index (χ0n) is 23.3. The normalized spacial score (nSPS) is 17.0. The van der Waals surface area contributed by atoms with Crippen molar-refractivity contribution in [1.82, 2.24) is 20.3 Å². The minimum Gasteiger partial charge on any atom is -0.437 e. The SMILES string of the molecule is Cc1ccc2c(NS(=O)(=O)CCC3CC3)c(F)ccc2c1Oc1ncccc1-c1ccnc(NC2CCCNC2)n1.Cl. The summed E-state index contributed by atoms with van der Waals surface area (Å²) in [7, 11) is -3.71. The molecule has 1 aliphatic carbocycles. The Balaban J connectivity index is 0.00000353. The molecule has 2 aliphatic rings. The molecule has 9 nitrogen and oxygen atoms in total. The lowest BCUT2D eigenvalue weighted by atomic mass is 10.0. The molecule has 0 amide bonds. The molecule has 42 heavy (non-hydrogen) atoms. The van der Waals surface area contributed by atoms with Crippen LogP contribution in [0.4, 0.5) is 16.0 Å². The van der Waals surface area contributed by atoms with E-state index in [9.17, 15) is 8.42 Å². The summed E-state index contributed by atoms with van der Waals surface area (Å²) >= 11 is 0. The summed E-state index contributed by atoms with van der Waals surface area (Å²) in [4.78, 5) is 13.6.